The average molecular weight is 443 g/mol. The quantitative estimate of drug-likeness (QED) is 0.411. The number of nitrogens with one attached hydrogen (secondary N) is 1. The predicted molar refractivity (Wildman–Crippen MR) is 109 cm³/mol. The Morgan fingerprint density at radius 1 is 1.14 bits per heavy atom. The minimum absolute atomic E-state index is 0.0461. The van der Waals surface area contributed by atoms with Gasteiger partial charge in [-0.2, -0.15) is 9.41 Å². The molecule has 1 N–H and O–H groups in total. The van der Waals surface area contributed by atoms with Crippen LogP contribution in [0.1, 0.15) is 18.4 Å². The Hall–Kier alpha value is -2.20. The molecule has 0 saturated carbocycles. The maximum Gasteiger partial charge on any atom is 0.295 e. The molecule has 0 aliphatic carbocycles. The van der Waals surface area contributed by atoms with Crippen LogP contribution in [0.2, 0.25) is 10.0 Å². The van der Waals surface area contributed by atoms with Gasteiger partial charge in [0.05, 0.1) is 26.1 Å². The summed E-state index contributed by atoms with van der Waals surface area (Å²) in [7, 11) is -3.76. The first-order chi connectivity index (χ1) is 13.3. The topological polar surface area (TPSA) is 105 Å². The van der Waals surface area contributed by atoms with Gasteiger partial charge in [0.2, 0.25) is 10.0 Å². The summed E-state index contributed by atoms with van der Waals surface area (Å²) in [5, 5.41) is 16.1. The minimum atomic E-state index is -3.76. The van der Waals surface area contributed by atoms with Crippen molar-refractivity contribution >= 4 is 50.8 Å². The van der Waals surface area contributed by atoms with E-state index in [1.54, 1.807) is 18.2 Å². The van der Waals surface area contributed by atoms with E-state index >= 15 is 0 Å². The Balaban J connectivity index is 1.88. The molecule has 2 aromatic rings. The summed E-state index contributed by atoms with van der Waals surface area (Å²) in [5.74, 6) is 0. The molecule has 1 aliphatic rings. The van der Waals surface area contributed by atoms with E-state index in [1.165, 1.54) is 22.7 Å². The van der Waals surface area contributed by atoms with Crippen molar-refractivity contribution in [3.63, 3.8) is 0 Å². The van der Waals surface area contributed by atoms with E-state index in [1.807, 2.05) is 0 Å². The molecule has 0 unspecified atom stereocenters. The summed E-state index contributed by atoms with van der Waals surface area (Å²) < 4.78 is 26.6. The number of benzene rings is 2. The predicted octanol–water partition coefficient (Wildman–Crippen LogP) is 4.13. The fourth-order valence-corrected chi connectivity index (χ4v) is 4.83. The summed E-state index contributed by atoms with van der Waals surface area (Å²) in [6.45, 7) is 0.831. The van der Waals surface area contributed by atoms with Crippen LogP contribution >= 0.6 is 23.2 Å². The molecule has 3 rings (SSSR count). The molecule has 11 heteroatoms. The fourth-order valence-electron chi connectivity index (χ4n) is 2.80. The van der Waals surface area contributed by atoms with Gasteiger partial charge in [-0.05, 0) is 37.1 Å². The van der Waals surface area contributed by atoms with Gasteiger partial charge in [0.25, 0.3) is 5.69 Å². The fraction of sp³-hybridized carbons (Fsp3) is 0.235. The van der Waals surface area contributed by atoms with Crippen LogP contribution in [-0.2, 0) is 10.0 Å². The van der Waals surface area contributed by atoms with Crippen LogP contribution in [-0.4, -0.2) is 37.0 Å². The van der Waals surface area contributed by atoms with Crippen molar-refractivity contribution in [2.24, 2.45) is 5.10 Å². The Morgan fingerprint density at radius 3 is 2.39 bits per heavy atom. The number of rotatable bonds is 6. The number of halogens is 2. The molecule has 1 saturated heterocycles. The molecule has 1 aliphatic heterocycles. The number of hydrogen-bond donors (Lipinski definition) is 1. The molecular formula is C17H16Cl2N4O4S. The standard InChI is InChI=1S/C17H16Cl2N4O4S/c18-14-4-3-5-15(19)13(14)11-20-21-16-7-6-12(10-17(16)23(24)25)28(26,27)22-8-1-2-9-22/h3-7,10-11,21H,1-2,8-9H2/b20-11+. The molecule has 2 aromatic carbocycles. The SMILES string of the molecule is O=[N+]([O-])c1cc(S(=O)(=O)N2CCCC2)ccc1N/N=C/c1c(Cl)cccc1Cl. The van der Waals surface area contributed by atoms with E-state index in [0.29, 0.717) is 28.7 Å². The minimum Gasteiger partial charge on any atom is -0.272 e. The second-order valence-corrected chi connectivity index (χ2v) is 8.80. The second-order valence-electron chi connectivity index (χ2n) is 6.05. The summed E-state index contributed by atoms with van der Waals surface area (Å²) in [5.41, 5.74) is 2.65. The van der Waals surface area contributed by atoms with Crippen molar-refractivity contribution in [2.45, 2.75) is 17.7 Å². The zero-order valence-corrected chi connectivity index (χ0v) is 16.8. The first-order valence-electron chi connectivity index (χ1n) is 8.32. The Morgan fingerprint density at radius 2 is 1.79 bits per heavy atom. The van der Waals surface area contributed by atoms with E-state index in [4.69, 9.17) is 23.2 Å². The Bertz CT molecular complexity index is 1020. The third kappa shape index (κ3) is 4.27. The molecule has 28 heavy (non-hydrogen) atoms. The molecule has 1 fully saturated rings. The third-order valence-electron chi connectivity index (χ3n) is 4.25. The number of hydrazone groups is 1. The maximum atomic E-state index is 12.6. The van der Waals surface area contributed by atoms with Gasteiger partial charge in [-0.15, -0.1) is 0 Å². The lowest BCUT2D eigenvalue weighted by molar-refractivity contribution is -0.384. The van der Waals surface area contributed by atoms with Gasteiger partial charge in [0.15, 0.2) is 0 Å². The zero-order chi connectivity index (χ0) is 20.3. The monoisotopic (exact) mass is 442 g/mol. The van der Waals surface area contributed by atoms with Crippen LogP contribution in [0.25, 0.3) is 0 Å². The van der Waals surface area contributed by atoms with E-state index in [9.17, 15) is 18.5 Å². The van der Waals surface area contributed by atoms with E-state index < -0.39 is 20.6 Å². The normalized spacial score (nSPS) is 15.2. The van der Waals surface area contributed by atoms with Crippen molar-refractivity contribution in [1.29, 1.82) is 0 Å². The third-order valence-corrected chi connectivity index (χ3v) is 6.80. The summed E-state index contributed by atoms with van der Waals surface area (Å²) in [6, 6.07) is 8.62. The molecular weight excluding hydrogens is 427 g/mol. The van der Waals surface area contributed by atoms with Gasteiger partial charge in [-0.25, -0.2) is 8.42 Å². The summed E-state index contributed by atoms with van der Waals surface area (Å²) in [6.07, 6.45) is 2.89. The van der Waals surface area contributed by atoms with Crippen LogP contribution in [0.4, 0.5) is 11.4 Å². The van der Waals surface area contributed by atoms with Gasteiger partial charge >= 0.3 is 0 Å². The molecule has 0 aromatic heterocycles. The highest BCUT2D eigenvalue weighted by Crippen LogP contribution is 2.30. The van der Waals surface area contributed by atoms with Gasteiger partial charge in [0.1, 0.15) is 5.69 Å². The highest BCUT2D eigenvalue weighted by Gasteiger charge is 2.29. The highest BCUT2D eigenvalue weighted by molar-refractivity contribution is 7.89. The van der Waals surface area contributed by atoms with Gasteiger partial charge in [0, 0.05) is 24.7 Å². The lowest BCUT2D eigenvalue weighted by atomic mass is 10.2. The lowest BCUT2D eigenvalue weighted by Crippen LogP contribution is -2.27. The van der Waals surface area contributed by atoms with Crippen molar-refractivity contribution in [1.82, 2.24) is 4.31 Å². The first-order valence-corrected chi connectivity index (χ1v) is 10.5. The molecule has 1 heterocycles. The van der Waals surface area contributed by atoms with Gasteiger partial charge in [-0.3, -0.25) is 15.5 Å². The van der Waals surface area contributed by atoms with E-state index in [0.717, 1.165) is 18.9 Å². The van der Waals surface area contributed by atoms with E-state index in [2.05, 4.69) is 10.5 Å². The van der Waals surface area contributed by atoms with Crippen molar-refractivity contribution < 1.29 is 13.3 Å². The summed E-state index contributed by atoms with van der Waals surface area (Å²) >= 11 is 12.1. The lowest BCUT2D eigenvalue weighted by Gasteiger charge is -2.15. The number of anilines is 1. The summed E-state index contributed by atoms with van der Waals surface area (Å²) in [4.78, 5) is 10.6. The second kappa shape index (κ2) is 8.44. The van der Waals surface area contributed by atoms with Crippen molar-refractivity contribution in [3.05, 3.63) is 62.1 Å². The molecule has 0 amide bonds. The Labute approximate surface area is 172 Å². The smallest absolute Gasteiger partial charge is 0.272 e. The molecule has 8 nitrogen and oxygen atoms in total. The number of nitro groups is 1. The molecule has 0 radical (unpaired) electrons. The molecule has 0 bridgehead atoms. The number of hydrogen-bond acceptors (Lipinski definition) is 6. The zero-order valence-electron chi connectivity index (χ0n) is 14.5. The first kappa shape index (κ1) is 20.5. The number of nitrogens with zero attached hydrogens (tertiary/aromatic N) is 3. The number of nitro benzene ring substituents is 1. The van der Waals surface area contributed by atoms with Crippen LogP contribution in [0, 0.1) is 10.1 Å². The molecule has 148 valence electrons. The maximum absolute atomic E-state index is 12.6. The van der Waals surface area contributed by atoms with Crippen LogP contribution in [0.3, 0.4) is 0 Å². The van der Waals surface area contributed by atoms with Gasteiger partial charge < -0.3 is 0 Å². The largest absolute Gasteiger partial charge is 0.295 e. The average Bonchev–Trinajstić information content (AvgIpc) is 3.19. The van der Waals surface area contributed by atoms with Crippen LogP contribution < -0.4 is 5.43 Å². The van der Waals surface area contributed by atoms with Crippen LogP contribution in [0.5, 0.6) is 0 Å². The Kier molecular flexibility index (Phi) is 6.19. The van der Waals surface area contributed by atoms with Gasteiger partial charge in [-0.1, -0.05) is 29.3 Å². The molecule has 0 atom stereocenters. The van der Waals surface area contributed by atoms with E-state index in [-0.39, 0.29) is 10.6 Å². The van der Waals surface area contributed by atoms with Crippen molar-refractivity contribution in [2.75, 3.05) is 18.5 Å². The highest BCUT2D eigenvalue weighted by atomic mass is 35.5. The van der Waals surface area contributed by atoms with Crippen molar-refractivity contribution in [3.8, 4) is 0 Å². The van der Waals surface area contributed by atoms with Crippen LogP contribution in [0.15, 0.2) is 46.4 Å². The number of sulfonamides is 1. The molecule has 0 spiro atoms.